The highest BCUT2D eigenvalue weighted by atomic mass is 16.5. The van der Waals surface area contributed by atoms with Crippen molar-refractivity contribution in [3.63, 3.8) is 0 Å². The van der Waals surface area contributed by atoms with Crippen LogP contribution in [0.3, 0.4) is 0 Å². The maximum atomic E-state index is 12.3. The van der Waals surface area contributed by atoms with Crippen LogP contribution in [-0.4, -0.2) is 11.7 Å². The molecule has 5 nitrogen and oxygen atoms in total. The van der Waals surface area contributed by atoms with Gasteiger partial charge < -0.3 is 19.6 Å². The van der Waals surface area contributed by atoms with E-state index in [4.69, 9.17) is 19.6 Å². The Morgan fingerprint density at radius 1 is 1.26 bits per heavy atom. The zero-order valence-corrected chi connectivity index (χ0v) is 16.8. The summed E-state index contributed by atoms with van der Waals surface area (Å²) in [6.07, 6.45) is 3.48. The number of ether oxygens (including phenoxy) is 2. The average Bonchev–Trinajstić information content (AvgIpc) is 2.58. The Bertz CT molecular complexity index is 959. The second-order valence-electron chi connectivity index (χ2n) is 8.66. The topological polar surface area (TPSA) is 74.7 Å². The molecule has 0 radical (unpaired) electrons. The van der Waals surface area contributed by atoms with E-state index in [9.17, 15) is 4.79 Å². The summed E-state index contributed by atoms with van der Waals surface area (Å²) in [6.45, 7) is 10.4. The van der Waals surface area contributed by atoms with E-state index in [1.165, 1.54) is 0 Å². The molecule has 2 aromatic rings. The molecule has 0 saturated carbocycles. The summed E-state index contributed by atoms with van der Waals surface area (Å²) in [5, 5.41) is 0.902. The largest absolute Gasteiger partial charge is 0.489 e. The van der Waals surface area contributed by atoms with E-state index < -0.39 is 0 Å². The van der Waals surface area contributed by atoms with Gasteiger partial charge >= 0.3 is 5.63 Å². The number of hydrogen-bond donors (Lipinski definition) is 1. The first-order valence-electron chi connectivity index (χ1n) is 10.00. The molecule has 146 valence electrons. The van der Waals surface area contributed by atoms with Gasteiger partial charge in [-0.3, -0.25) is 0 Å². The predicted octanol–water partition coefficient (Wildman–Crippen LogP) is 4.27. The van der Waals surface area contributed by atoms with Crippen LogP contribution in [0.4, 0.5) is 0 Å². The molecule has 1 aromatic heterocycles. The zero-order chi connectivity index (χ0) is 19.5. The van der Waals surface area contributed by atoms with Crippen LogP contribution in [0.25, 0.3) is 11.0 Å². The number of hydrogen-bond acceptors (Lipinski definition) is 5. The van der Waals surface area contributed by atoms with Crippen LogP contribution in [0.5, 0.6) is 11.5 Å². The first-order chi connectivity index (χ1) is 12.7. The molecule has 0 saturated heterocycles. The van der Waals surface area contributed by atoms with Gasteiger partial charge in [0.15, 0.2) is 5.58 Å². The molecule has 2 aliphatic rings. The van der Waals surface area contributed by atoms with Gasteiger partial charge in [-0.2, -0.15) is 0 Å². The van der Waals surface area contributed by atoms with Gasteiger partial charge in [0.25, 0.3) is 0 Å². The van der Waals surface area contributed by atoms with E-state index in [0.717, 1.165) is 59.3 Å². The Morgan fingerprint density at radius 2 is 2.00 bits per heavy atom. The van der Waals surface area contributed by atoms with Gasteiger partial charge in [-0.1, -0.05) is 20.3 Å². The third-order valence-electron chi connectivity index (χ3n) is 6.13. The summed E-state index contributed by atoms with van der Waals surface area (Å²) >= 11 is 0. The second kappa shape index (κ2) is 6.26. The molecule has 2 aliphatic heterocycles. The van der Waals surface area contributed by atoms with Gasteiger partial charge in [0.2, 0.25) is 0 Å². The second-order valence-corrected chi connectivity index (χ2v) is 8.66. The normalized spacial score (nSPS) is 26.1. The van der Waals surface area contributed by atoms with Crippen LogP contribution in [0.2, 0.25) is 0 Å². The van der Waals surface area contributed by atoms with E-state index >= 15 is 0 Å². The minimum absolute atomic E-state index is 0.00506. The van der Waals surface area contributed by atoms with Crippen molar-refractivity contribution in [2.75, 3.05) is 0 Å². The minimum Gasteiger partial charge on any atom is -0.489 e. The summed E-state index contributed by atoms with van der Waals surface area (Å²) < 4.78 is 18.5. The molecule has 0 bridgehead atoms. The monoisotopic (exact) mass is 371 g/mol. The molecular formula is C22H29NO4. The van der Waals surface area contributed by atoms with E-state index in [1.54, 1.807) is 6.07 Å². The Balaban J connectivity index is 2.14. The van der Waals surface area contributed by atoms with Crippen LogP contribution in [0.1, 0.15) is 70.2 Å². The summed E-state index contributed by atoms with van der Waals surface area (Å²) in [5.41, 5.74) is 9.41. The highest BCUT2D eigenvalue weighted by Crippen LogP contribution is 2.52. The fourth-order valence-electron chi connectivity index (χ4n) is 4.34. The van der Waals surface area contributed by atoms with Crippen molar-refractivity contribution in [2.45, 2.75) is 78.0 Å². The van der Waals surface area contributed by atoms with Crippen LogP contribution >= 0.6 is 0 Å². The highest BCUT2D eigenvalue weighted by Gasteiger charge is 2.40. The third kappa shape index (κ3) is 2.83. The molecule has 3 atom stereocenters. The van der Waals surface area contributed by atoms with Crippen molar-refractivity contribution in [3.8, 4) is 11.5 Å². The lowest BCUT2D eigenvalue weighted by Crippen LogP contribution is -2.38. The summed E-state index contributed by atoms with van der Waals surface area (Å²) in [5.74, 6) is 1.70. The highest BCUT2D eigenvalue weighted by molar-refractivity contribution is 5.94. The zero-order valence-electron chi connectivity index (χ0n) is 16.8. The minimum atomic E-state index is -0.346. The Hall–Kier alpha value is -2.01. The molecule has 4 rings (SSSR count). The lowest BCUT2D eigenvalue weighted by molar-refractivity contribution is 0.0789. The van der Waals surface area contributed by atoms with Crippen molar-refractivity contribution >= 4 is 11.0 Å². The third-order valence-corrected chi connectivity index (χ3v) is 6.13. The van der Waals surface area contributed by atoms with Crippen LogP contribution in [-0.2, 0) is 12.8 Å². The average molecular weight is 371 g/mol. The molecular weight excluding hydrogens is 342 g/mol. The fraction of sp³-hybridized carbons (Fsp3) is 0.591. The number of nitrogens with two attached hydrogens (primary N) is 1. The van der Waals surface area contributed by atoms with Gasteiger partial charge in [0.1, 0.15) is 23.2 Å². The molecule has 27 heavy (non-hydrogen) atoms. The first kappa shape index (κ1) is 18.4. The van der Waals surface area contributed by atoms with Crippen LogP contribution < -0.4 is 20.8 Å². The predicted molar refractivity (Wildman–Crippen MR) is 106 cm³/mol. The number of aryl methyl sites for hydroxylation is 1. The fourth-order valence-corrected chi connectivity index (χ4v) is 4.34. The molecule has 0 fully saturated rings. The first-order valence-corrected chi connectivity index (χ1v) is 10.00. The number of benzene rings is 1. The Labute approximate surface area is 159 Å². The van der Waals surface area contributed by atoms with Gasteiger partial charge in [-0.15, -0.1) is 0 Å². The van der Waals surface area contributed by atoms with Gasteiger partial charge in [-0.05, 0) is 45.6 Å². The molecule has 2 N–H and O–H groups in total. The molecule has 0 unspecified atom stereocenters. The van der Waals surface area contributed by atoms with Crippen LogP contribution in [0.15, 0.2) is 15.3 Å². The van der Waals surface area contributed by atoms with Crippen LogP contribution in [0, 0.1) is 5.92 Å². The molecule has 1 aromatic carbocycles. The smallest absolute Gasteiger partial charge is 0.336 e. The molecule has 0 aliphatic carbocycles. The van der Waals surface area contributed by atoms with Gasteiger partial charge in [0, 0.05) is 23.6 Å². The quantitative estimate of drug-likeness (QED) is 0.798. The summed E-state index contributed by atoms with van der Waals surface area (Å²) in [4.78, 5) is 12.3. The molecule has 0 spiro atoms. The standard InChI is InChI=1S/C22H29NO4/c1-6-7-13-10-15(24)26-21-16(13)20-14(8-9-22(4,5)27-20)19-17(21)18(23)11(2)12(3)25-19/h10-12,18H,6-9,23H2,1-5H3/t11-,12-,18-/m0/s1. The van der Waals surface area contributed by atoms with Gasteiger partial charge in [0.05, 0.1) is 10.9 Å². The lowest BCUT2D eigenvalue weighted by atomic mass is 9.82. The maximum absolute atomic E-state index is 12.3. The van der Waals surface area contributed by atoms with E-state index in [-0.39, 0.29) is 29.3 Å². The molecule has 0 amide bonds. The Morgan fingerprint density at radius 3 is 2.70 bits per heavy atom. The molecule has 5 heteroatoms. The SMILES string of the molecule is CCCc1cc(=O)oc2c3c(c4c(c12)OC(C)(C)CC4)O[C@@H](C)[C@H](C)[C@@H]3N. The Kier molecular flexibility index (Phi) is 4.26. The van der Waals surface area contributed by atoms with Crippen molar-refractivity contribution < 1.29 is 13.9 Å². The summed E-state index contributed by atoms with van der Waals surface area (Å²) in [6, 6.07) is 1.36. The van der Waals surface area contributed by atoms with Crippen molar-refractivity contribution in [1.29, 1.82) is 0 Å². The van der Waals surface area contributed by atoms with Crippen molar-refractivity contribution in [1.82, 2.24) is 0 Å². The van der Waals surface area contributed by atoms with E-state index in [2.05, 4.69) is 27.7 Å². The number of rotatable bonds is 2. The van der Waals surface area contributed by atoms with Crippen molar-refractivity contribution in [3.05, 3.63) is 33.2 Å². The van der Waals surface area contributed by atoms with Gasteiger partial charge in [-0.25, -0.2) is 4.79 Å². The van der Waals surface area contributed by atoms with E-state index in [1.807, 2.05) is 6.92 Å². The maximum Gasteiger partial charge on any atom is 0.336 e. The molecule has 3 heterocycles. The lowest BCUT2D eigenvalue weighted by Gasteiger charge is -2.40. The van der Waals surface area contributed by atoms with Crippen molar-refractivity contribution in [2.24, 2.45) is 11.7 Å². The number of fused-ring (bicyclic) bond motifs is 6. The summed E-state index contributed by atoms with van der Waals surface area (Å²) in [7, 11) is 0. The van der Waals surface area contributed by atoms with E-state index in [0.29, 0.717) is 5.58 Å².